The van der Waals surface area contributed by atoms with Crippen LogP contribution in [0, 0.1) is 29.6 Å². The minimum absolute atomic E-state index is 0.0472. The van der Waals surface area contributed by atoms with E-state index >= 15 is 0 Å². The number of nitrogens with two attached hydrogens (primary N) is 1. The highest BCUT2D eigenvalue weighted by Gasteiger charge is 2.38. The fraction of sp³-hybridized carbons (Fsp3) is 0.702. The van der Waals surface area contributed by atoms with Crippen LogP contribution in [0.5, 0.6) is 0 Å². The number of unbranched alkanes of at least 4 members (excludes halogenated alkanes) is 1. The number of hydrogen-bond donors (Lipinski definition) is 9. The highest BCUT2D eigenvalue weighted by molar-refractivity contribution is 5.99. The molecule has 1 aromatic carbocycles. The maximum absolute atomic E-state index is 14.4. The first kappa shape index (κ1) is 55.1. The van der Waals surface area contributed by atoms with Crippen molar-refractivity contribution in [1.82, 2.24) is 42.5 Å². The summed E-state index contributed by atoms with van der Waals surface area (Å²) in [5.74, 6) is -6.88. The molecule has 64 heavy (non-hydrogen) atoms. The predicted molar refractivity (Wildman–Crippen MR) is 247 cm³/mol. The zero-order valence-electron chi connectivity index (χ0n) is 40.1. The largest absolute Gasteiger partial charge is 0.343 e. The first-order chi connectivity index (χ1) is 30.2. The van der Waals surface area contributed by atoms with Crippen molar-refractivity contribution in [3.8, 4) is 0 Å². The van der Waals surface area contributed by atoms with E-state index in [-0.39, 0.29) is 25.2 Å². The van der Waals surface area contributed by atoms with Crippen LogP contribution in [0.3, 0.4) is 0 Å². The molecule has 2 rings (SSSR count). The molecule has 0 aromatic heterocycles. The van der Waals surface area contributed by atoms with E-state index < -0.39 is 119 Å². The molecule has 8 amide bonds. The van der Waals surface area contributed by atoms with E-state index in [9.17, 15) is 38.4 Å². The van der Waals surface area contributed by atoms with Gasteiger partial charge >= 0.3 is 0 Å². The van der Waals surface area contributed by atoms with Gasteiger partial charge < -0.3 is 48.3 Å². The normalized spacial score (nSPS) is 26.8. The monoisotopic (exact) mass is 898 g/mol. The molecule has 0 spiro atoms. The van der Waals surface area contributed by atoms with Gasteiger partial charge in [0.25, 0.3) is 0 Å². The van der Waals surface area contributed by atoms with Gasteiger partial charge in [0, 0.05) is 6.42 Å². The minimum atomic E-state index is -1.20. The maximum Gasteiger partial charge on any atom is 0.243 e. The van der Waals surface area contributed by atoms with Crippen LogP contribution in [0.1, 0.15) is 127 Å². The Balaban J connectivity index is 2.79. The van der Waals surface area contributed by atoms with Crippen molar-refractivity contribution in [2.75, 3.05) is 6.54 Å². The second-order valence-corrected chi connectivity index (χ2v) is 18.4. The minimum Gasteiger partial charge on any atom is -0.343 e. The van der Waals surface area contributed by atoms with Gasteiger partial charge in [0.05, 0.1) is 0 Å². The molecule has 1 fully saturated rings. The molecule has 1 heterocycles. The van der Waals surface area contributed by atoms with Crippen molar-refractivity contribution < 1.29 is 38.4 Å². The van der Waals surface area contributed by atoms with Gasteiger partial charge in [0.15, 0.2) is 0 Å². The molecule has 0 saturated carbocycles. The summed E-state index contributed by atoms with van der Waals surface area (Å²) in [5, 5.41) is 22.5. The zero-order chi connectivity index (χ0) is 48.3. The lowest BCUT2D eigenvalue weighted by atomic mass is 9.95. The van der Waals surface area contributed by atoms with Crippen LogP contribution in [0.2, 0.25) is 0 Å². The number of carbonyl (C=O) groups is 8. The van der Waals surface area contributed by atoms with Gasteiger partial charge in [-0.25, -0.2) is 0 Å². The smallest absolute Gasteiger partial charge is 0.243 e. The number of benzene rings is 1. The molecule has 0 aliphatic carbocycles. The molecule has 10 N–H and O–H groups in total. The van der Waals surface area contributed by atoms with Crippen molar-refractivity contribution in [2.45, 2.75) is 176 Å². The van der Waals surface area contributed by atoms with Crippen LogP contribution in [-0.4, -0.2) is 102 Å². The summed E-state index contributed by atoms with van der Waals surface area (Å²) in [6.45, 7) is 20.0. The predicted octanol–water partition coefficient (Wildman–Crippen LogP) is 2.11. The quantitative estimate of drug-likeness (QED) is 0.117. The van der Waals surface area contributed by atoms with Gasteiger partial charge in [-0.05, 0) is 74.3 Å². The highest BCUT2D eigenvalue weighted by Crippen LogP contribution is 2.16. The summed E-state index contributed by atoms with van der Waals surface area (Å²) in [6, 6.07) is -0.0528. The van der Waals surface area contributed by atoms with Crippen molar-refractivity contribution in [1.29, 1.82) is 0 Å². The van der Waals surface area contributed by atoms with Crippen molar-refractivity contribution in [2.24, 2.45) is 35.3 Å². The molecule has 1 saturated heterocycles. The van der Waals surface area contributed by atoms with E-state index in [1.165, 1.54) is 6.92 Å². The van der Waals surface area contributed by atoms with Crippen LogP contribution in [-0.2, 0) is 44.8 Å². The maximum atomic E-state index is 14.4. The number of amides is 8. The first-order valence-electron chi connectivity index (χ1n) is 23.4. The molecule has 1 aromatic rings. The number of nitrogens with one attached hydrogen (secondary N) is 8. The zero-order valence-corrected chi connectivity index (χ0v) is 40.1. The molecule has 0 radical (unpaired) electrons. The Morgan fingerprint density at radius 1 is 0.484 bits per heavy atom. The van der Waals surface area contributed by atoms with Crippen LogP contribution in [0.25, 0.3) is 0 Å². The third kappa shape index (κ3) is 17.1. The van der Waals surface area contributed by atoms with E-state index in [1.54, 1.807) is 58.9 Å². The van der Waals surface area contributed by atoms with Gasteiger partial charge in [-0.3, -0.25) is 38.4 Å². The molecule has 1 aliphatic heterocycles. The van der Waals surface area contributed by atoms with E-state index in [0.29, 0.717) is 38.6 Å². The van der Waals surface area contributed by atoms with Gasteiger partial charge in [-0.1, -0.05) is 119 Å². The van der Waals surface area contributed by atoms with Crippen LogP contribution >= 0.6 is 0 Å². The second-order valence-electron chi connectivity index (χ2n) is 18.4. The van der Waals surface area contributed by atoms with Crippen LogP contribution in [0.15, 0.2) is 30.3 Å². The van der Waals surface area contributed by atoms with E-state index in [0.717, 1.165) is 5.56 Å². The van der Waals surface area contributed by atoms with Crippen molar-refractivity contribution >= 4 is 47.3 Å². The Hall–Kier alpha value is -5.06. The molecular formula is C47H79N9O8. The molecule has 11 unspecified atom stereocenters. The molecule has 17 nitrogen and oxygen atoms in total. The van der Waals surface area contributed by atoms with Crippen LogP contribution < -0.4 is 48.3 Å². The summed E-state index contributed by atoms with van der Waals surface area (Å²) < 4.78 is 0. The lowest BCUT2D eigenvalue weighted by Gasteiger charge is -2.32. The second kappa shape index (κ2) is 27.3. The molecular weight excluding hydrogens is 819 g/mol. The molecule has 0 bridgehead atoms. The highest BCUT2D eigenvalue weighted by atomic mass is 16.2. The van der Waals surface area contributed by atoms with E-state index in [2.05, 4.69) is 42.5 Å². The molecule has 360 valence electrons. The number of carbonyl (C=O) groups excluding carboxylic acids is 8. The lowest BCUT2D eigenvalue weighted by Crippen LogP contribution is -2.63. The average molecular weight is 898 g/mol. The first-order valence-corrected chi connectivity index (χ1v) is 23.4. The summed E-state index contributed by atoms with van der Waals surface area (Å²) in [6.07, 6.45) is 2.86. The van der Waals surface area contributed by atoms with Gasteiger partial charge in [-0.15, -0.1) is 0 Å². The molecule has 17 heteroatoms. The Morgan fingerprint density at radius 2 is 0.891 bits per heavy atom. The summed E-state index contributed by atoms with van der Waals surface area (Å²) in [7, 11) is 0. The third-order valence-corrected chi connectivity index (χ3v) is 12.2. The van der Waals surface area contributed by atoms with Gasteiger partial charge in [0.1, 0.15) is 48.3 Å². The topological polar surface area (TPSA) is 259 Å². The average Bonchev–Trinajstić information content (AvgIpc) is 3.25. The molecule has 1 aliphatic rings. The fourth-order valence-electron chi connectivity index (χ4n) is 7.36. The lowest BCUT2D eigenvalue weighted by molar-refractivity contribution is -0.138. The number of rotatable bonds is 15. The van der Waals surface area contributed by atoms with Crippen molar-refractivity contribution in [3.05, 3.63) is 35.9 Å². The van der Waals surface area contributed by atoms with Gasteiger partial charge in [-0.2, -0.15) is 0 Å². The van der Waals surface area contributed by atoms with Crippen molar-refractivity contribution in [3.63, 3.8) is 0 Å². The Morgan fingerprint density at radius 3 is 1.36 bits per heavy atom. The molecule has 11 atom stereocenters. The summed E-state index contributed by atoms with van der Waals surface area (Å²) >= 11 is 0. The third-order valence-electron chi connectivity index (χ3n) is 12.2. The summed E-state index contributed by atoms with van der Waals surface area (Å²) in [4.78, 5) is 113. The van der Waals surface area contributed by atoms with Gasteiger partial charge in [0.2, 0.25) is 47.3 Å². The SMILES string of the molecule is CCC(C)C1NC(=O)C(CC(C)C)NC(=O)C(Cc2ccccc2)NC(=O)C(C(C)CC)NC(=O)C(CCCCN)NC(=O)C(C(C)CC)NC(=O)C(C(C)C)NC(=O)C(C)NC1=O. The van der Waals surface area contributed by atoms with Crippen LogP contribution in [0.4, 0.5) is 0 Å². The Kier molecular flexibility index (Phi) is 23.5. The number of hydrogen-bond acceptors (Lipinski definition) is 9. The fourth-order valence-corrected chi connectivity index (χ4v) is 7.36. The standard InChI is InChI=1S/C47H79N9O8/c1-12-28(8)37-45(62)49-31(11)40(57)53-36(27(6)7)44(61)56-39(30(10)14-3)46(63)50-33(22-18-19-23-48)41(58)54-38(29(9)13-2)47(64)52-35(25-32-20-16-15-17-21-32)42(59)51-34(24-26(4)5)43(60)55-37/h15-17,20-21,26-31,33-39H,12-14,18-19,22-25,48H2,1-11H3,(H,49,62)(H,50,63)(H,51,59)(H,52,64)(H,53,57)(H,54,58)(H,55,60)(H,56,61). The Labute approximate surface area is 380 Å². The van der Waals surface area contributed by atoms with E-state index in [1.807, 2.05) is 40.7 Å². The summed E-state index contributed by atoms with van der Waals surface area (Å²) in [5.41, 5.74) is 6.51. The Bertz CT molecular complexity index is 1710. The van der Waals surface area contributed by atoms with E-state index in [4.69, 9.17) is 5.73 Å².